The maximum atomic E-state index is 6.20. The van der Waals surface area contributed by atoms with Crippen LogP contribution in [0.1, 0.15) is 77.2 Å². The van der Waals surface area contributed by atoms with E-state index >= 15 is 0 Å². The van der Waals surface area contributed by atoms with Crippen LogP contribution < -0.4 is 20.4 Å². The molecule has 1 aliphatic carbocycles. The summed E-state index contributed by atoms with van der Waals surface area (Å²) < 4.78 is 0. The molecule has 38 heavy (non-hydrogen) atoms. The van der Waals surface area contributed by atoms with Gasteiger partial charge in [-0.05, 0) is 80.3 Å². The van der Waals surface area contributed by atoms with Gasteiger partial charge < -0.3 is 20.4 Å². The van der Waals surface area contributed by atoms with Gasteiger partial charge in [0.05, 0.1) is 0 Å². The van der Waals surface area contributed by atoms with Crippen molar-refractivity contribution in [3.8, 4) is 0 Å². The lowest BCUT2D eigenvalue weighted by Gasteiger charge is -2.38. The third-order valence-corrected chi connectivity index (χ3v) is 9.24. The number of nitrogens with zero attached hydrogens (tertiary/aromatic N) is 4. The molecular formula is C30H43ClN6S. The number of anilines is 3. The fourth-order valence-corrected chi connectivity index (χ4v) is 6.88. The Morgan fingerprint density at radius 1 is 0.921 bits per heavy atom. The summed E-state index contributed by atoms with van der Waals surface area (Å²) in [6, 6.07) is 10.6. The Kier molecular flexibility index (Phi) is 8.94. The molecule has 2 saturated heterocycles. The molecule has 0 bridgehead atoms. The van der Waals surface area contributed by atoms with Gasteiger partial charge in [0.25, 0.3) is 0 Å². The number of aromatic nitrogens is 2. The topological polar surface area (TPSA) is 56.3 Å². The first-order valence-corrected chi connectivity index (χ1v) is 15.4. The molecule has 5 rings (SSSR count). The van der Waals surface area contributed by atoms with Crippen molar-refractivity contribution in [2.24, 2.45) is 11.8 Å². The number of halogens is 1. The Balaban J connectivity index is 1.33. The molecule has 3 aliphatic rings. The Morgan fingerprint density at radius 2 is 1.50 bits per heavy atom. The van der Waals surface area contributed by atoms with Crippen LogP contribution in [0, 0.1) is 11.8 Å². The monoisotopic (exact) mass is 554 g/mol. The van der Waals surface area contributed by atoms with Gasteiger partial charge in [-0.2, -0.15) is 9.97 Å². The van der Waals surface area contributed by atoms with Crippen LogP contribution in [0.4, 0.5) is 17.6 Å². The predicted octanol–water partition coefficient (Wildman–Crippen LogP) is 6.79. The number of rotatable bonds is 6. The normalized spacial score (nSPS) is 23.7. The average Bonchev–Trinajstić information content (AvgIpc) is 2.93. The summed E-state index contributed by atoms with van der Waals surface area (Å²) >= 11 is 12.0. The molecule has 0 spiro atoms. The van der Waals surface area contributed by atoms with Gasteiger partial charge in [0.2, 0.25) is 5.95 Å². The fourth-order valence-electron chi connectivity index (χ4n) is 6.59. The lowest BCUT2D eigenvalue weighted by molar-refractivity contribution is 0.292. The zero-order valence-electron chi connectivity index (χ0n) is 23.0. The minimum Gasteiger partial charge on any atom is -0.361 e. The number of hydrogen-bond donors (Lipinski definition) is 2. The van der Waals surface area contributed by atoms with Crippen molar-refractivity contribution < 1.29 is 0 Å². The Labute approximate surface area is 238 Å². The summed E-state index contributed by atoms with van der Waals surface area (Å²) in [5, 5.41) is 8.28. The zero-order valence-corrected chi connectivity index (χ0v) is 24.6. The molecule has 2 N–H and O–H groups in total. The second-order valence-corrected chi connectivity index (χ2v) is 12.8. The minimum atomic E-state index is 0.0658. The molecular weight excluding hydrogens is 512 g/mol. The molecule has 0 unspecified atom stereocenters. The largest absolute Gasteiger partial charge is 0.361 e. The van der Waals surface area contributed by atoms with E-state index in [2.05, 4.69) is 52.5 Å². The fraction of sp³-hybridized carbons (Fsp3) is 0.633. The molecule has 1 aromatic carbocycles. The first kappa shape index (κ1) is 27.4. The van der Waals surface area contributed by atoms with Gasteiger partial charge in [0, 0.05) is 49.2 Å². The quantitative estimate of drug-likeness (QED) is 0.381. The summed E-state index contributed by atoms with van der Waals surface area (Å²) in [6.07, 6.45) is 11.1. The van der Waals surface area contributed by atoms with E-state index in [4.69, 9.17) is 33.8 Å². The molecule has 2 atom stereocenters. The third-order valence-electron chi connectivity index (χ3n) is 8.74. The molecule has 206 valence electrons. The average molecular weight is 555 g/mol. The Morgan fingerprint density at radius 3 is 2.05 bits per heavy atom. The number of nitrogens with one attached hydrogen (secondary N) is 2. The summed E-state index contributed by atoms with van der Waals surface area (Å²) in [6.45, 7) is 9.63. The number of benzene rings is 1. The van der Waals surface area contributed by atoms with Crippen LogP contribution >= 0.6 is 23.8 Å². The zero-order chi connectivity index (χ0) is 26.5. The lowest BCUT2D eigenvalue weighted by atomic mass is 9.69. The van der Waals surface area contributed by atoms with Crippen molar-refractivity contribution in [1.29, 1.82) is 0 Å². The van der Waals surface area contributed by atoms with E-state index < -0.39 is 0 Å². The number of piperidine rings is 2. The van der Waals surface area contributed by atoms with E-state index in [1.165, 1.54) is 50.5 Å². The van der Waals surface area contributed by atoms with E-state index in [-0.39, 0.29) is 5.41 Å². The molecule has 2 aromatic rings. The summed E-state index contributed by atoms with van der Waals surface area (Å²) in [5.74, 6) is 3.97. The summed E-state index contributed by atoms with van der Waals surface area (Å²) in [4.78, 5) is 14.8. The van der Waals surface area contributed by atoms with Crippen molar-refractivity contribution in [3.05, 3.63) is 40.9 Å². The van der Waals surface area contributed by atoms with Gasteiger partial charge in [-0.3, -0.25) is 0 Å². The molecule has 2 aliphatic heterocycles. The van der Waals surface area contributed by atoms with Crippen molar-refractivity contribution in [2.45, 2.75) is 77.0 Å². The van der Waals surface area contributed by atoms with Gasteiger partial charge in [-0.1, -0.05) is 56.8 Å². The lowest BCUT2D eigenvalue weighted by Crippen LogP contribution is -2.43. The minimum absolute atomic E-state index is 0.0658. The van der Waals surface area contributed by atoms with Gasteiger partial charge >= 0.3 is 0 Å². The molecule has 3 fully saturated rings. The van der Waals surface area contributed by atoms with Gasteiger partial charge in [-0.15, -0.1) is 0 Å². The second kappa shape index (κ2) is 12.4. The van der Waals surface area contributed by atoms with Gasteiger partial charge in [0.15, 0.2) is 5.11 Å². The second-order valence-electron chi connectivity index (χ2n) is 12.0. The highest BCUT2D eigenvalue weighted by Gasteiger charge is 2.34. The molecule has 8 heteroatoms. The molecule has 6 nitrogen and oxygen atoms in total. The number of hydrogen-bond acceptors (Lipinski definition) is 5. The first-order valence-electron chi connectivity index (χ1n) is 14.6. The van der Waals surface area contributed by atoms with E-state index in [0.717, 1.165) is 62.2 Å². The van der Waals surface area contributed by atoms with Crippen molar-refractivity contribution >= 4 is 46.5 Å². The predicted molar refractivity (Wildman–Crippen MR) is 164 cm³/mol. The van der Waals surface area contributed by atoms with Gasteiger partial charge in [0.1, 0.15) is 11.6 Å². The van der Waals surface area contributed by atoms with Crippen LogP contribution in [0.2, 0.25) is 5.02 Å². The molecule has 1 aromatic heterocycles. The Bertz CT molecular complexity index is 1050. The third kappa shape index (κ3) is 6.71. The standard InChI is InChI=1S/C30H43ClN6S/c1-22-8-6-16-36(19-22)26-18-27(37-17-7-9-23(2)20-37)34-28(33-26)35-29(38)32-21-30(14-4-3-5-15-30)24-10-12-25(31)13-11-24/h10-13,18,22-23H,3-9,14-17,19-21H2,1-2H3,(H2,32,33,34,35,38)/t22-,23-/m1/s1. The van der Waals surface area contributed by atoms with Crippen LogP contribution in [-0.4, -0.2) is 47.8 Å². The van der Waals surface area contributed by atoms with E-state index in [9.17, 15) is 0 Å². The van der Waals surface area contributed by atoms with Crippen LogP contribution in [-0.2, 0) is 5.41 Å². The van der Waals surface area contributed by atoms with Crippen LogP contribution in [0.3, 0.4) is 0 Å². The highest BCUT2D eigenvalue weighted by molar-refractivity contribution is 7.80. The summed E-state index contributed by atoms with van der Waals surface area (Å²) in [7, 11) is 0. The summed E-state index contributed by atoms with van der Waals surface area (Å²) in [5.41, 5.74) is 1.41. The van der Waals surface area contributed by atoms with E-state index in [0.29, 0.717) is 22.9 Å². The molecule has 3 heterocycles. The van der Waals surface area contributed by atoms with Crippen LogP contribution in [0.25, 0.3) is 0 Å². The first-order chi connectivity index (χ1) is 18.4. The Hall–Kier alpha value is -2.12. The van der Waals surface area contributed by atoms with E-state index in [1.54, 1.807) is 0 Å². The van der Waals surface area contributed by atoms with Crippen molar-refractivity contribution in [2.75, 3.05) is 47.8 Å². The maximum absolute atomic E-state index is 6.20. The van der Waals surface area contributed by atoms with Crippen LogP contribution in [0.5, 0.6) is 0 Å². The molecule has 1 saturated carbocycles. The van der Waals surface area contributed by atoms with Crippen molar-refractivity contribution in [3.63, 3.8) is 0 Å². The SMILES string of the molecule is C[C@@H]1CCCN(c2cc(N3CCC[C@@H](C)C3)nc(NC(=S)NCC3(c4ccc(Cl)cc4)CCCCC3)n2)C1. The maximum Gasteiger partial charge on any atom is 0.232 e. The number of thiocarbonyl (C=S) groups is 1. The highest BCUT2D eigenvalue weighted by Crippen LogP contribution is 2.39. The van der Waals surface area contributed by atoms with Crippen molar-refractivity contribution in [1.82, 2.24) is 15.3 Å². The smallest absolute Gasteiger partial charge is 0.232 e. The molecule has 0 radical (unpaired) electrons. The molecule has 0 amide bonds. The van der Waals surface area contributed by atoms with Crippen LogP contribution in [0.15, 0.2) is 30.3 Å². The van der Waals surface area contributed by atoms with E-state index in [1.807, 2.05) is 12.1 Å². The highest BCUT2D eigenvalue weighted by atomic mass is 35.5. The van der Waals surface area contributed by atoms with Gasteiger partial charge in [-0.25, -0.2) is 0 Å².